The lowest BCUT2D eigenvalue weighted by molar-refractivity contribution is -0.152. The third-order valence-corrected chi connectivity index (χ3v) is 3.24. The number of carbonyl (C=O) groups excluding carboxylic acids is 2. The van der Waals surface area contributed by atoms with Gasteiger partial charge in [0.1, 0.15) is 5.54 Å². The molecule has 1 N–H and O–H groups in total. The van der Waals surface area contributed by atoms with Crippen molar-refractivity contribution in [3.8, 4) is 5.88 Å². The van der Waals surface area contributed by atoms with Crippen molar-refractivity contribution in [2.45, 2.75) is 25.9 Å². The lowest BCUT2D eigenvalue weighted by atomic mass is 9.98. The predicted octanol–water partition coefficient (Wildman–Crippen LogP) is 0.327. The molecule has 0 aliphatic carbocycles. The molecule has 0 atom stereocenters. The number of nitrogens with zero attached hydrogens (tertiary/aromatic N) is 2. The van der Waals surface area contributed by atoms with Crippen LogP contribution in [0, 0.1) is 0 Å². The third kappa shape index (κ3) is 2.52. The molecule has 0 bridgehead atoms. The summed E-state index contributed by atoms with van der Waals surface area (Å²) >= 11 is 0. The van der Waals surface area contributed by atoms with E-state index in [2.05, 4.69) is 10.3 Å². The quantitative estimate of drug-likeness (QED) is 0.853. The Morgan fingerprint density at radius 1 is 1.42 bits per heavy atom. The molecule has 0 unspecified atom stereocenters. The molecule has 2 heterocycles. The molecule has 6 heteroatoms. The maximum atomic E-state index is 12.0. The van der Waals surface area contributed by atoms with Gasteiger partial charge in [0.25, 0.3) is 0 Å². The van der Waals surface area contributed by atoms with Crippen molar-refractivity contribution in [1.29, 1.82) is 0 Å². The zero-order chi connectivity index (χ0) is 14.0. The molecule has 102 valence electrons. The number of methoxy groups -OCH3 is 1. The summed E-state index contributed by atoms with van der Waals surface area (Å²) in [5.41, 5.74) is -0.185. The first kappa shape index (κ1) is 13.3. The summed E-state index contributed by atoms with van der Waals surface area (Å²) in [4.78, 5) is 29.6. The van der Waals surface area contributed by atoms with E-state index in [1.54, 1.807) is 26.0 Å². The molecule has 2 amide bonds. The largest absolute Gasteiger partial charge is 0.481 e. The van der Waals surface area contributed by atoms with Gasteiger partial charge in [0, 0.05) is 6.07 Å². The number of hydrogen-bond donors (Lipinski definition) is 1. The number of hydrogen-bond acceptors (Lipinski definition) is 4. The van der Waals surface area contributed by atoms with Crippen LogP contribution in [0.2, 0.25) is 0 Å². The van der Waals surface area contributed by atoms with E-state index in [0.29, 0.717) is 11.6 Å². The molecule has 2 rings (SSSR count). The van der Waals surface area contributed by atoms with Gasteiger partial charge in [0.2, 0.25) is 17.7 Å². The summed E-state index contributed by atoms with van der Waals surface area (Å²) < 4.78 is 5.05. The van der Waals surface area contributed by atoms with E-state index in [9.17, 15) is 9.59 Å². The van der Waals surface area contributed by atoms with Gasteiger partial charge in [-0.2, -0.15) is 0 Å². The van der Waals surface area contributed by atoms with E-state index in [4.69, 9.17) is 4.74 Å². The summed E-state index contributed by atoms with van der Waals surface area (Å²) in [6.45, 7) is 3.77. The van der Waals surface area contributed by atoms with Gasteiger partial charge in [-0.1, -0.05) is 6.07 Å². The average molecular weight is 263 g/mol. The van der Waals surface area contributed by atoms with Crippen LogP contribution in [-0.2, 0) is 16.1 Å². The average Bonchev–Trinajstić information content (AvgIpc) is 2.40. The molecule has 0 spiro atoms. The van der Waals surface area contributed by atoms with E-state index in [-0.39, 0.29) is 24.9 Å². The fourth-order valence-electron chi connectivity index (χ4n) is 2.01. The van der Waals surface area contributed by atoms with Crippen molar-refractivity contribution in [3.05, 3.63) is 23.9 Å². The van der Waals surface area contributed by atoms with E-state index < -0.39 is 5.54 Å². The summed E-state index contributed by atoms with van der Waals surface area (Å²) in [6.07, 6.45) is 0. The third-order valence-electron chi connectivity index (χ3n) is 3.24. The SMILES string of the molecule is COc1cccc(CN2C(=O)CNC(=O)C2(C)C)n1. The molecule has 1 aromatic rings. The highest BCUT2D eigenvalue weighted by Gasteiger charge is 2.41. The monoisotopic (exact) mass is 263 g/mol. The molecule has 19 heavy (non-hydrogen) atoms. The van der Waals surface area contributed by atoms with Gasteiger partial charge in [-0.3, -0.25) is 9.59 Å². The number of piperazine rings is 1. The van der Waals surface area contributed by atoms with Gasteiger partial charge >= 0.3 is 0 Å². The first-order valence-corrected chi connectivity index (χ1v) is 6.04. The molecule has 1 aliphatic heterocycles. The van der Waals surface area contributed by atoms with Crippen molar-refractivity contribution in [1.82, 2.24) is 15.2 Å². The minimum Gasteiger partial charge on any atom is -0.481 e. The van der Waals surface area contributed by atoms with Crippen LogP contribution in [0.5, 0.6) is 5.88 Å². The van der Waals surface area contributed by atoms with Crippen molar-refractivity contribution in [2.24, 2.45) is 0 Å². The van der Waals surface area contributed by atoms with Gasteiger partial charge < -0.3 is 15.0 Å². The highest BCUT2D eigenvalue weighted by Crippen LogP contribution is 2.21. The molecule has 1 saturated heterocycles. The van der Waals surface area contributed by atoms with Crippen molar-refractivity contribution in [3.63, 3.8) is 0 Å². The standard InChI is InChI=1S/C13H17N3O3/c1-13(2)12(18)14-7-11(17)16(13)8-9-5-4-6-10(15-9)19-3/h4-6H,7-8H2,1-3H3,(H,14,18). The highest BCUT2D eigenvalue weighted by atomic mass is 16.5. The van der Waals surface area contributed by atoms with Crippen molar-refractivity contribution < 1.29 is 14.3 Å². The first-order chi connectivity index (χ1) is 8.95. The maximum absolute atomic E-state index is 12.0. The lowest BCUT2D eigenvalue weighted by Crippen LogP contribution is -2.63. The van der Waals surface area contributed by atoms with Gasteiger partial charge in [0.05, 0.1) is 25.9 Å². The number of amides is 2. The molecule has 1 aromatic heterocycles. The van der Waals surface area contributed by atoms with E-state index >= 15 is 0 Å². The van der Waals surface area contributed by atoms with Crippen LogP contribution in [0.15, 0.2) is 18.2 Å². The summed E-state index contributed by atoms with van der Waals surface area (Å²) in [6, 6.07) is 5.35. The Bertz CT molecular complexity index is 514. The number of pyridine rings is 1. The summed E-state index contributed by atoms with van der Waals surface area (Å²) in [5, 5.41) is 2.59. The number of aromatic nitrogens is 1. The number of nitrogens with one attached hydrogen (secondary N) is 1. The summed E-state index contributed by atoms with van der Waals surface area (Å²) in [5.74, 6) is 0.216. The molecule has 6 nitrogen and oxygen atoms in total. The van der Waals surface area contributed by atoms with Crippen LogP contribution in [0.1, 0.15) is 19.5 Å². The second kappa shape index (κ2) is 4.87. The normalized spacial score (nSPS) is 18.2. The zero-order valence-corrected chi connectivity index (χ0v) is 11.3. The van der Waals surface area contributed by atoms with Crippen LogP contribution >= 0.6 is 0 Å². The number of carbonyl (C=O) groups is 2. The van der Waals surface area contributed by atoms with Crippen molar-refractivity contribution >= 4 is 11.8 Å². The van der Waals surface area contributed by atoms with Crippen LogP contribution in [0.3, 0.4) is 0 Å². The molecular weight excluding hydrogens is 246 g/mol. The lowest BCUT2D eigenvalue weighted by Gasteiger charge is -2.40. The Balaban J connectivity index is 2.24. The Morgan fingerprint density at radius 2 is 2.16 bits per heavy atom. The van der Waals surface area contributed by atoms with Gasteiger partial charge in [-0.25, -0.2) is 4.98 Å². The van der Waals surface area contributed by atoms with Gasteiger partial charge in [-0.15, -0.1) is 0 Å². The molecule has 1 aliphatic rings. The van der Waals surface area contributed by atoms with E-state index in [1.165, 1.54) is 12.0 Å². The predicted molar refractivity (Wildman–Crippen MR) is 68.4 cm³/mol. The van der Waals surface area contributed by atoms with Crippen LogP contribution < -0.4 is 10.1 Å². The Kier molecular flexibility index (Phi) is 3.42. The first-order valence-electron chi connectivity index (χ1n) is 6.04. The topological polar surface area (TPSA) is 71.5 Å². The Morgan fingerprint density at radius 3 is 2.84 bits per heavy atom. The van der Waals surface area contributed by atoms with E-state index in [0.717, 1.165) is 0 Å². The zero-order valence-electron chi connectivity index (χ0n) is 11.3. The Labute approximate surface area is 111 Å². The fourth-order valence-corrected chi connectivity index (χ4v) is 2.01. The second-order valence-corrected chi connectivity index (χ2v) is 4.89. The van der Waals surface area contributed by atoms with Gasteiger partial charge in [0.15, 0.2) is 0 Å². The molecule has 1 fully saturated rings. The molecule has 0 saturated carbocycles. The Hall–Kier alpha value is -2.11. The smallest absolute Gasteiger partial charge is 0.245 e. The van der Waals surface area contributed by atoms with E-state index in [1.807, 2.05) is 6.07 Å². The van der Waals surface area contributed by atoms with Crippen LogP contribution in [0.4, 0.5) is 0 Å². The van der Waals surface area contributed by atoms with Crippen LogP contribution in [-0.4, -0.2) is 40.9 Å². The minimum absolute atomic E-state index is 0.0340. The fraction of sp³-hybridized carbons (Fsp3) is 0.462. The maximum Gasteiger partial charge on any atom is 0.245 e. The number of ether oxygens (including phenoxy) is 1. The van der Waals surface area contributed by atoms with Crippen molar-refractivity contribution in [2.75, 3.05) is 13.7 Å². The molecular formula is C13H17N3O3. The minimum atomic E-state index is -0.875. The van der Waals surface area contributed by atoms with Crippen LogP contribution in [0.25, 0.3) is 0 Å². The highest BCUT2D eigenvalue weighted by molar-refractivity contribution is 5.97. The number of rotatable bonds is 3. The van der Waals surface area contributed by atoms with Gasteiger partial charge in [-0.05, 0) is 19.9 Å². The summed E-state index contributed by atoms with van der Waals surface area (Å²) in [7, 11) is 1.54. The second-order valence-electron chi connectivity index (χ2n) is 4.89. The molecule has 0 aromatic carbocycles. The molecule has 0 radical (unpaired) electrons.